The summed E-state index contributed by atoms with van der Waals surface area (Å²) in [6.07, 6.45) is 0.657. The lowest BCUT2D eigenvalue weighted by Gasteiger charge is -2.10. The average Bonchev–Trinajstić information content (AvgIpc) is 3.11. The number of ether oxygens (including phenoxy) is 2. The number of carbonyl (C=O) groups excluding carboxylic acids is 2. The standard InChI is InChI=1S/C19H14O5/c1-22-19(21)16-4-2-3-5-18(16)23-14-8-6-13(7-9-14)17-11-10-15(12-20)24-17/h2-12H,1H3. The zero-order chi connectivity index (χ0) is 16.9. The predicted molar refractivity (Wildman–Crippen MR) is 87.4 cm³/mol. The molecule has 3 rings (SSSR count). The fourth-order valence-electron chi connectivity index (χ4n) is 2.22. The van der Waals surface area contributed by atoms with Crippen LogP contribution >= 0.6 is 0 Å². The van der Waals surface area contributed by atoms with Crippen molar-refractivity contribution in [3.63, 3.8) is 0 Å². The lowest BCUT2D eigenvalue weighted by atomic mass is 10.1. The van der Waals surface area contributed by atoms with E-state index in [0.717, 1.165) is 5.56 Å². The molecule has 0 N–H and O–H groups in total. The van der Waals surface area contributed by atoms with Crippen molar-refractivity contribution in [1.82, 2.24) is 0 Å². The molecule has 0 spiro atoms. The smallest absolute Gasteiger partial charge is 0.341 e. The van der Waals surface area contributed by atoms with Crippen molar-refractivity contribution in [2.45, 2.75) is 0 Å². The van der Waals surface area contributed by atoms with Crippen molar-refractivity contribution in [3.8, 4) is 22.8 Å². The maximum Gasteiger partial charge on any atom is 0.341 e. The molecule has 120 valence electrons. The number of hydrogen-bond acceptors (Lipinski definition) is 5. The van der Waals surface area contributed by atoms with Crippen LogP contribution in [0.25, 0.3) is 11.3 Å². The third-order valence-corrected chi connectivity index (χ3v) is 3.40. The molecule has 0 aliphatic carbocycles. The molecule has 0 amide bonds. The number of carbonyl (C=O) groups is 2. The molecule has 0 aliphatic heterocycles. The summed E-state index contributed by atoms with van der Waals surface area (Å²) in [6, 6.07) is 17.3. The highest BCUT2D eigenvalue weighted by Crippen LogP contribution is 2.28. The molecule has 1 aromatic heterocycles. The zero-order valence-corrected chi connectivity index (χ0v) is 12.9. The van der Waals surface area contributed by atoms with Crippen molar-refractivity contribution in [1.29, 1.82) is 0 Å². The van der Waals surface area contributed by atoms with Gasteiger partial charge in [0.15, 0.2) is 12.0 Å². The van der Waals surface area contributed by atoms with E-state index in [2.05, 4.69) is 0 Å². The van der Waals surface area contributed by atoms with E-state index in [-0.39, 0.29) is 5.76 Å². The van der Waals surface area contributed by atoms with E-state index in [1.165, 1.54) is 7.11 Å². The Bertz CT molecular complexity index is 861. The second kappa shape index (κ2) is 6.83. The van der Waals surface area contributed by atoms with Crippen LogP contribution in [0.4, 0.5) is 0 Å². The molecule has 0 bridgehead atoms. The number of benzene rings is 2. The molecule has 0 unspecified atom stereocenters. The van der Waals surface area contributed by atoms with Gasteiger partial charge in [-0.2, -0.15) is 0 Å². The molecule has 0 aliphatic rings. The number of methoxy groups -OCH3 is 1. The molecule has 1 heterocycles. The second-order valence-electron chi connectivity index (χ2n) is 4.93. The number of aldehydes is 1. The Morgan fingerprint density at radius 2 is 1.75 bits per heavy atom. The quantitative estimate of drug-likeness (QED) is 0.516. The highest BCUT2D eigenvalue weighted by Gasteiger charge is 2.13. The van der Waals surface area contributed by atoms with E-state index >= 15 is 0 Å². The van der Waals surface area contributed by atoms with Crippen molar-refractivity contribution < 1.29 is 23.5 Å². The first-order chi connectivity index (χ1) is 11.7. The van der Waals surface area contributed by atoms with Crippen LogP contribution < -0.4 is 4.74 Å². The Morgan fingerprint density at radius 1 is 1.00 bits per heavy atom. The summed E-state index contributed by atoms with van der Waals surface area (Å²) in [5, 5.41) is 0. The molecule has 0 atom stereocenters. The maximum atomic E-state index is 11.8. The average molecular weight is 322 g/mol. The molecule has 24 heavy (non-hydrogen) atoms. The highest BCUT2D eigenvalue weighted by molar-refractivity contribution is 5.92. The first-order valence-electron chi connectivity index (χ1n) is 7.22. The van der Waals surface area contributed by atoms with E-state index in [4.69, 9.17) is 13.9 Å². The highest BCUT2D eigenvalue weighted by atomic mass is 16.5. The lowest BCUT2D eigenvalue weighted by molar-refractivity contribution is 0.0598. The van der Waals surface area contributed by atoms with E-state index in [0.29, 0.717) is 29.1 Å². The van der Waals surface area contributed by atoms with Crippen LogP contribution in [0.1, 0.15) is 20.9 Å². The van der Waals surface area contributed by atoms with Gasteiger partial charge in [0, 0.05) is 5.56 Å². The number of para-hydroxylation sites is 1. The van der Waals surface area contributed by atoms with Gasteiger partial charge in [0.25, 0.3) is 0 Å². The van der Waals surface area contributed by atoms with Gasteiger partial charge in [-0.3, -0.25) is 4.79 Å². The molecule has 5 nitrogen and oxygen atoms in total. The minimum Gasteiger partial charge on any atom is -0.465 e. The van der Waals surface area contributed by atoms with Gasteiger partial charge in [0.05, 0.1) is 7.11 Å². The number of esters is 1. The summed E-state index contributed by atoms with van der Waals surface area (Å²) in [4.78, 5) is 22.4. The summed E-state index contributed by atoms with van der Waals surface area (Å²) in [7, 11) is 1.32. The fourth-order valence-corrected chi connectivity index (χ4v) is 2.22. The van der Waals surface area contributed by atoms with Gasteiger partial charge in [-0.05, 0) is 48.5 Å². The van der Waals surface area contributed by atoms with E-state index in [9.17, 15) is 9.59 Å². The van der Waals surface area contributed by atoms with Crippen molar-refractivity contribution in [2.24, 2.45) is 0 Å². The van der Waals surface area contributed by atoms with Crippen LogP contribution in [0.3, 0.4) is 0 Å². The minimum atomic E-state index is -0.459. The molecule has 0 fully saturated rings. The Kier molecular flexibility index (Phi) is 4.43. The number of hydrogen-bond donors (Lipinski definition) is 0. The lowest BCUT2D eigenvalue weighted by Crippen LogP contribution is -2.03. The summed E-state index contributed by atoms with van der Waals surface area (Å²) in [5.41, 5.74) is 1.17. The molecule has 2 aromatic carbocycles. The molecule has 0 saturated carbocycles. The Hall–Kier alpha value is -3.34. The summed E-state index contributed by atoms with van der Waals surface area (Å²) < 4.78 is 15.9. The first kappa shape index (κ1) is 15.6. The third-order valence-electron chi connectivity index (χ3n) is 3.40. The maximum absolute atomic E-state index is 11.8. The Labute approximate surface area is 138 Å². The summed E-state index contributed by atoms with van der Waals surface area (Å²) >= 11 is 0. The zero-order valence-electron chi connectivity index (χ0n) is 12.9. The van der Waals surface area contributed by atoms with E-state index in [1.54, 1.807) is 48.5 Å². The van der Waals surface area contributed by atoms with Gasteiger partial charge in [0.1, 0.15) is 22.8 Å². The van der Waals surface area contributed by atoms with Crippen LogP contribution in [-0.4, -0.2) is 19.4 Å². The Morgan fingerprint density at radius 3 is 2.42 bits per heavy atom. The summed E-state index contributed by atoms with van der Waals surface area (Å²) in [5.74, 6) is 1.39. The van der Waals surface area contributed by atoms with Gasteiger partial charge in [-0.1, -0.05) is 12.1 Å². The fraction of sp³-hybridized carbons (Fsp3) is 0.0526. The topological polar surface area (TPSA) is 65.7 Å². The minimum absolute atomic E-state index is 0.275. The molecule has 0 saturated heterocycles. The van der Waals surface area contributed by atoms with Crippen molar-refractivity contribution in [3.05, 3.63) is 72.0 Å². The number of rotatable bonds is 5. The van der Waals surface area contributed by atoms with Crippen molar-refractivity contribution in [2.75, 3.05) is 7.11 Å². The summed E-state index contributed by atoms with van der Waals surface area (Å²) in [6.45, 7) is 0. The molecule has 5 heteroatoms. The SMILES string of the molecule is COC(=O)c1ccccc1Oc1ccc(-c2ccc(C=O)o2)cc1. The number of furan rings is 1. The van der Waals surface area contributed by atoms with Crippen LogP contribution in [0.2, 0.25) is 0 Å². The van der Waals surface area contributed by atoms with E-state index in [1.807, 2.05) is 12.1 Å². The molecular weight excluding hydrogens is 308 g/mol. The van der Waals surface area contributed by atoms with E-state index < -0.39 is 5.97 Å². The molecular formula is C19H14O5. The van der Waals surface area contributed by atoms with Crippen LogP contribution in [0.15, 0.2) is 65.1 Å². The monoisotopic (exact) mass is 322 g/mol. The van der Waals surface area contributed by atoms with Crippen LogP contribution in [0.5, 0.6) is 11.5 Å². The van der Waals surface area contributed by atoms with Gasteiger partial charge in [-0.25, -0.2) is 4.79 Å². The Balaban J connectivity index is 1.82. The second-order valence-corrected chi connectivity index (χ2v) is 4.93. The van der Waals surface area contributed by atoms with Gasteiger partial charge in [0.2, 0.25) is 0 Å². The van der Waals surface area contributed by atoms with Crippen LogP contribution in [0, 0.1) is 0 Å². The molecule has 3 aromatic rings. The normalized spacial score (nSPS) is 10.2. The van der Waals surface area contributed by atoms with Crippen molar-refractivity contribution >= 4 is 12.3 Å². The predicted octanol–water partition coefficient (Wildman–Crippen LogP) is 4.34. The largest absolute Gasteiger partial charge is 0.465 e. The first-order valence-corrected chi connectivity index (χ1v) is 7.22. The third kappa shape index (κ3) is 3.20. The van der Waals surface area contributed by atoms with Crippen LogP contribution in [-0.2, 0) is 4.74 Å². The van der Waals surface area contributed by atoms with Gasteiger partial charge in [-0.15, -0.1) is 0 Å². The van der Waals surface area contributed by atoms with Gasteiger partial charge < -0.3 is 13.9 Å². The molecule has 0 radical (unpaired) electrons. The van der Waals surface area contributed by atoms with Gasteiger partial charge >= 0.3 is 5.97 Å².